The van der Waals surface area contributed by atoms with Crippen LogP contribution in [-0.4, -0.2) is 22.7 Å². The molecular formula is C12H11N3O3. The molecule has 0 aromatic heterocycles. The van der Waals surface area contributed by atoms with E-state index in [9.17, 15) is 9.59 Å². The van der Waals surface area contributed by atoms with Gasteiger partial charge in [0.25, 0.3) is 5.91 Å². The van der Waals surface area contributed by atoms with Gasteiger partial charge < -0.3 is 15.8 Å². The molecule has 6 heteroatoms. The quantitative estimate of drug-likeness (QED) is 0.461. The monoisotopic (exact) mass is 245 g/mol. The summed E-state index contributed by atoms with van der Waals surface area (Å²) in [6, 6.07) is 7.05. The minimum atomic E-state index is -1.35. The fourth-order valence-electron chi connectivity index (χ4n) is 2.56. The molecule has 18 heavy (non-hydrogen) atoms. The SMILES string of the molecule is O=C1CC/C(=N\O)[C@]2(N1)C(=O)Nc1ccccc12. The summed E-state index contributed by atoms with van der Waals surface area (Å²) in [4.78, 5) is 23.8. The number of para-hydroxylation sites is 1. The number of piperidine rings is 1. The van der Waals surface area contributed by atoms with Crippen molar-refractivity contribution in [3.8, 4) is 0 Å². The second kappa shape index (κ2) is 3.56. The Balaban J connectivity index is 2.23. The first kappa shape index (κ1) is 10.8. The van der Waals surface area contributed by atoms with Gasteiger partial charge in [-0.15, -0.1) is 0 Å². The van der Waals surface area contributed by atoms with Crippen LogP contribution in [-0.2, 0) is 15.1 Å². The van der Waals surface area contributed by atoms with E-state index in [2.05, 4.69) is 15.8 Å². The lowest BCUT2D eigenvalue weighted by Gasteiger charge is -2.33. The molecule has 0 bridgehead atoms. The number of nitrogens with one attached hydrogen (secondary N) is 2. The average Bonchev–Trinajstić information content (AvgIpc) is 2.64. The van der Waals surface area contributed by atoms with Crippen LogP contribution < -0.4 is 10.6 Å². The van der Waals surface area contributed by atoms with Crippen LogP contribution in [0.25, 0.3) is 0 Å². The van der Waals surface area contributed by atoms with Crippen molar-refractivity contribution in [3.05, 3.63) is 29.8 Å². The summed E-state index contributed by atoms with van der Waals surface area (Å²) in [7, 11) is 0. The van der Waals surface area contributed by atoms with E-state index in [0.29, 0.717) is 11.3 Å². The molecule has 1 fully saturated rings. The zero-order valence-corrected chi connectivity index (χ0v) is 9.43. The first-order valence-corrected chi connectivity index (χ1v) is 5.62. The molecule has 2 heterocycles. The first-order valence-electron chi connectivity index (χ1n) is 5.62. The smallest absolute Gasteiger partial charge is 0.261 e. The third-order valence-corrected chi connectivity index (χ3v) is 3.39. The van der Waals surface area contributed by atoms with Crippen molar-refractivity contribution in [1.29, 1.82) is 0 Å². The van der Waals surface area contributed by atoms with Crippen LogP contribution in [0.1, 0.15) is 18.4 Å². The highest BCUT2D eigenvalue weighted by Crippen LogP contribution is 2.39. The molecule has 0 aliphatic carbocycles. The molecule has 2 aliphatic rings. The van der Waals surface area contributed by atoms with Crippen molar-refractivity contribution in [2.45, 2.75) is 18.4 Å². The molecule has 1 atom stereocenters. The minimum Gasteiger partial charge on any atom is -0.411 e. The zero-order chi connectivity index (χ0) is 12.8. The van der Waals surface area contributed by atoms with Crippen molar-refractivity contribution in [3.63, 3.8) is 0 Å². The lowest BCUT2D eigenvalue weighted by atomic mass is 9.81. The Hall–Kier alpha value is -2.37. The number of carbonyl (C=O) groups is 2. The van der Waals surface area contributed by atoms with Gasteiger partial charge in [-0.2, -0.15) is 0 Å². The summed E-state index contributed by atoms with van der Waals surface area (Å²) in [5.41, 5.74) is 0.173. The third kappa shape index (κ3) is 1.20. The summed E-state index contributed by atoms with van der Waals surface area (Å²) in [5, 5.41) is 17.7. The molecule has 92 valence electrons. The summed E-state index contributed by atoms with van der Waals surface area (Å²) < 4.78 is 0. The number of oxime groups is 1. The number of hydrogen-bond acceptors (Lipinski definition) is 4. The van der Waals surface area contributed by atoms with Crippen molar-refractivity contribution < 1.29 is 14.8 Å². The van der Waals surface area contributed by atoms with Crippen LogP contribution >= 0.6 is 0 Å². The van der Waals surface area contributed by atoms with Gasteiger partial charge in [0, 0.05) is 24.1 Å². The van der Waals surface area contributed by atoms with Gasteiger partial charge in [0.05, 0.1) is 5.71 Å². The molecule has 0 saturated carbocycles. The summed E-state index contributed by atoms with van der Waals surface area (Å²) >= 11 is 0. The van der Waals surface area contributed by atoms with Gasteiger partial charge in [0.1, 0.15) is 0 Å². The number of carbonyl (C=O) groups excluding carboxylic acids is 2. The number of nitrogens with zero attached hydrogens (tertiary/aromatic N) is 1. The van der Waals surface area contributed by atoms with Crippen LogP contribution in [0.15, 0.2) is 29.4 Å². The zero-order valence-electron chi connectivity index (χ0n) is 9.43. The highest BCUT2D eigenvalue weighted by atomic mass is 16.4. The van der Waals surface area contributed by atoms with Gasteiger partial charge in [0.15, 0.2) is 5.54 Å². The van der Waals surface area contributed by atoms with E-state index in [0.717, 1.165) is 0 Å². The molecule has 1 aromatic carbocycles. The Kier molecular flexibility index (Phi) is 2.13. The maximum atomic E-state index is 12.2. The lowest BCUT2D eigenvalue weighted by Crippen LogP contribution is -2.59. The van der Waals surface area contributed by atoms with Crippen molar-refractivity contribution in [2.24, 2.45) is 5.16 Å². The largest absolute Gasteiger partial charge is 0.411 e. The first-order chi connectivity index (χ1) is 8.68. The fraction of sp³-hybridized carbons (Fsp3) is 0.250. The standard InChI is InChI=1S/C12H11N3O3/c16-10-6-5-9(15-18)12(14-10)7-3-1-2-4-8(7)13-11(12)17/h1-4,18H,5-6H2,(H,13,17)(H,14,16)/b15-9+/t12-/m0/s1. The van der Waals surface area contributed by atoms with Gasteiger partial charge in [-0.3, -0.25) is 9.59 Å². The van der Waals surface area contributed by atoms with Crippen molar-refractivity contribution >= 4 is 23.2 Å². The van der Waals surface area contributed by atoms with E-state index in [4.69, 9.17) is 5.21 Å². The Morgan fingerprint density at radius 3 is 2.78 bits per heavy atom. The maximum Gasteiger partial charge on any atom is 0.261 e. The van der Waals surface area contributed by atoms with Gasteiger partial charge >= 0.3 is 0 Å². The fourth-order valence-corrected chi connectivity index (χ4v) is 2.56. The Bertz CT molecular complexity index is 582. The number of amides is 2. The van der Waals surface area contributed by atoms with Gasteiger partial charge in [0.2, 0.25) is 5.91 Å². The van der Waals surface area contributed by atoms with E-state index < -0.39 is 5.54 Å². The van der Waals surface area contributed by atoms with Crippen LogP contribution in [0.2, 0.25) is 0 Å². The molecule has 0 unspecified atom stereocenters. The predicted octanol–water partition coefficient (Wildman–Crippen LogP) is 0.574. The third-order valence-electron chi connectivity index (χ3n) is 3.39. The van der Waals surface area contributed by atoms with E-state index in [1.807, 2.05) is 0 Å². The van der Waals surface area contributed by atoms with Crippen LogP contribution in [0, 0.1) is 0 Å². The molecule has 3 rings (SSSR count). The second-order valence-electron chi connectivity index (χ2n) is 4.34. The number of rotatable bonds is 0. The van der Waals surface area contributed by atoms with Gasteiger partial charge in [-0.25, -0.2) is 0 Å². The van der Waals surface area contributed by atoms with Crippen LogP contribution in [0.3, 0.4) is 0 Å². The lowest BCUT2D eigenvalue weighted by molar-refractivity contribution is -0.129. The molecular weight excluding hydrogens is 234 g/mol. The minimum absolute atomic E-state index is 0.219. The number of fused-ring (bicyclic) bond motifs is 2. The van der Waals surface area contributed by atoms with E-state index in [-0.39, 0.29) is 30.4 Å². The molecule has 2 amide bonds. The van der Waals surface area contributed by atoms with E-state index in [1.165, 1.54) is 0 Å². The predicted molar refractivity (Wildman–Crippen MR) is 63.3 cm³/mol. The van der Waals surface area contributed by atoms with E-state index in [1.54, 1.807) is 24.3 Å². The van der Waals surface area contributed by atoms with Gasteiger partial charge in [-0.05, 0) is 6.07 Å². The molecule has 0 radical (unpaired) electrons. The second-order valence-corrected chi connectivity index (χ2v) is 4.34. The molecule has 2 aliphatic heterocycles. The summed E-state index contributed by atoms with van der Waals surface area (Å²) in [5.74, 6) is -0.612. The average molecular weight is 245 g/mol. The molecule has 6 nitrogen and oxygen atoms in total. The van der Waals surface area contributed by atoms with E-state index >= 15 is 0 Å². The highest BCUT2D eigenvalue weighted by molar-refractivity contribution is 6.25. The molecule has 1 aromatic rings. The Labute approximate surface area is 103 Å². The molecule has 1 spiro atoms. The Morgan fingerprint density at radius 1 is 1.22 bits per heavy atom. The summed E-state index contributed by atoms with van der Waals surface area (Å²) in [6.07, 6.45) is 0.487. The molecule has 1 saturated heterocycles. The van der Waals surface area contributed by atoms with Crippen molar-refractivity contribution in [2.75, 3.05) is 5.32 Å². The summed E-state index contributed by atoms with van der Waals surface area (Å²) in [6.45, 7) is 0. The number of anilines is 1. The topological polar surface area (TPSA) is 90.8 Å². The van der Waals surface area contributed by atoms with Crippen molar-refractivity contribution in [1.82, 2.24) is 5.32 Å². The number of hydrogen-bond donors (Lipinski definition) is 3. The normalized spacial score (nSPS) is 28.1. The van der Waals surface area contributed by atoms with Crippen LogP contribution in [0.5, 0.6) is 0 Å². The Morgan fingerprint density at radius 2 is 2.00 bits per heavy atom. The van der Waals surface area contributed by atoms with Crippen LogP contribution in [0.4, 0.5) is 5.69 Å². The molecule has 3 N–H and O–H groups in total. The van der Waals surface area contributed by atoms with Gasteiger partial charge in [-0.1, -0.05) is 23.4 Å². The number of benzene rings is 1. The maximum absolute atomic E-state index is 12.2. The highest BCUT2D eigenvalue weighted by Gasteiger charge is 2.54.